The summed E-state index contributed by atoms with van der Waals surface area (Å²) in [7, 11) is -3.65. The number of carbonyl (C=O) groups excluding carboxylic acids is 1. The van der Waals surface area contributed by atoms with E-state index in [9.17, 15) is 13.2 Å². The molecule has 5 nitrogen and oxygen atoms in total. The van der Waals surface area contributed by atoms with Crippen LogP contribution in [0.5, 0.6) is 0 Å². The molecule has 0 aliphatic rings. The molecule has 27 heavy (non-hydrogen) atoms. The Morgan fingerprint density at radius 3 is 2.48 bits per heavy atom. The van der Waals surface area contributed by atoms with Crippen LogP contribution in [0.1, 0.15) is 25.0 Å². The highest BCUT2D eigenvalue weighted by molar-refractivity contribution is 7.99. The minimum Gasteiger partial charge on any atom is -0.323 e. The van der Waals surface area contributed by atoms with Crippen LogP contribution in [0, 0.1) is 13.8 Å². The maximum atomic E-state index is 12.9. The second kappa shape index (κ2) is 8.80. The van der Waals surface area contributed by atoms with E-state index in [2.05, 4.69) is 5.32 Å². The topological polar surface area (TPSA) is 66.5 Å². The van der Waals surface area contributed by atoms with Gasteiger partial charge in [0.15, 0.2) is 0 Å². The van der Waals surface area contributed by atoms with Crippen LogP contribution >= 0.6 is 11.8 Å². The lowest BCUT2D eigenvalue weighted by molar-refractivity contribution is -0.116. The Bertz CT molecular complexity index is 927. The van der Waals surface area contributed by atoms with Crippen LogP contribution in [-0.2, 0) is 14.8 Å². The Balaban J connectivity index is 2.38. The van der Waals surface area contributed by atoms with Gasteiger partial charge < -0.3 is 5.32 Å². The van der Waals surface area contributed by atoms with Gasteiger partial charge in [0.2, 0.25) is 15.9 Å². The molecule has 146 valence electrons. The van der Waals surface area contributed by atoms with Gasteiger partial charge in [-0.25, -0.2) is 8.42 Å². The number of hydrogen-bond acceptors (Lipinski definition) is 4. The van der Waals surface area contributed by atoms with Crippen LogP contribution in [0.4, 0.5) is 11.4 Å². The highest BCUT2D eigenvalue weighted by Crippen LogP contribution is 2.29. The summed E-state index contributed by atoms with van der Waals surface area (Å²) in [5, 5.41) is 2.89. The van der Waals surface area contributed by atoms with E-state index in [1.165, 1.54) is 4.31 Å². The summed E-state index contributed by atoms with van der Waals surface area (Å²) in [4.78, 5) is 13.9. The number of thioether (sulfide) groups is 1. The van der Waals surface area contributed by atoms with Crippen LogP contribution in [0.3, 0.4) is 0 Å². The van der Waals surface area contributed by atoms with Crippen molar-refractivity contribution in [1.82, 2.24) is 0 Å². The SMILES string of the molecule is CCSc1ccccc1NC(=O)[C@H](C)N(c1cc(C)ccc1C)S(C)(=O)=O. The van der Waals surface area contributed by atoms with Gasteiger partial charge in [0.05, 0.1) is 17.6 Å². The number of para-hydroxylation sites is 1. The third-order valence-electron chi connectivity index (χ3n) is 4.14. The predicted molar refractivity (Wildman–Crippen MR) is 114 cm³/mol. The largest absolute Gasteiger partial charge is 0.323 e. The van der Waals surface area contributed by atoms with Gasteiger partial charge in [-0.15, -0.1) is 11.8 Å². The third-order valence-corrected chi connectivity index (χ3v) is 6.32. The van der Waals surface area contributed by atoms with E-state index in [1.54, 1.807) is 24.8 Å². The fourth-order valence-corrected chi connectivity index (χ4v) is 4.81. The number of rotatable bonds is 7. The minimum absolute atomic E-state index is 0.370. The van der Waals surface area contributed by atoms with Gasteiger partial charge in [0.25, 0.3) is 0 Å². The number of nitrogens with zero attached hydrogens (tertiary/aromatic N) is 1. The lowest BCUT2D eigenvalue weighted by Crippen LogP contribution is -2.45. The van der Waals surface area contributed by atoms with E-state index >= 15 is 0 Å². The zero-order valence-corrected chi connectivity index (χ0v) is 17.9. The van der Waals surface area contributed by atoms with Crippen LogP contribution in [0.2, 0.25) is 0 Å². The zero-order valence-electron chi connectivity index (χ0n) is 16.3. The molecule has 0 aliphatic heterocycles. The molecular formula is C20H26N2O3S2. The average Bonchev–Trinajstić information content (AvgIpc) is 2.58. The summed E-state index contributed by atoms with van der Waals surface area (Å²) < 4.78 is 26.2. The molecule has 0 unspecified atom stereocenters. The molecule has 2 rings (SSSR count). The molecule has 0 spiro atoms. The van der Waals surface area contributed by atoms with Gasteiger partial charge in [-0.1, -0.05) is 31.2 Å². The zero-order chi connectivity index (χ0) is 20.2. The number of anilines is 2. The molecule has 2 aromatic rings. The fraction of sp³-hybridized carbons (Fsp3) is 0.350. The normalized spacial score (nSPS) is 12.5. The highest BCUT2D eigenvalue weighted by Gasteiger charge is 2.30. The molecule has 1 N–H and O–H groups in total. The molecule has 1 atom stereocenters. The summed E-state index contributed by atoms with van der Waals surface area (Å²) in [6, 6.07) is 12.2. The number of hydrogen-bond donors (Lipinski definition) is 1. The number of carbonyl (C=O) groups is 1. The van der Waals surface area contributed by atoms with Crippen molar-refractivity contribution in [2.45, 2.75) is 38.6 Å². The molecule has 0 bridgehead atoms. The second-order valence-corrected chi connectivity index (χ2v) is 9.61. The molecule has 0 fully saturated rings. The molecule has 2 aromatic carbocycles. The standard InChI is InChI=1S/C20H26N2O3S2/c1-6-26-19-10-8-7-9-17(19)21-20(23)16(4)22(27(5,24)25)18-13-14(2)11-12-15(18)3/h7-13,16H,6H2,1-5H3,(H,21,23)/t16-/m0/s1. The van der Waals surface area contributed by atoms with E-state index in [-0.39, 0.29) is 5.91 Å². The average molecular weight is 407 g/mol. The van der Waals surface area contributed by atoms with Crippen molar-refractivity contribution in [3.05, 3.63) is 53.6 Å². The van der Waals surface area contributed by atoms with E-state index in [4.69, 9.17) is 0 Å². The van der Waals surface area contributed by atoms with Crippen molar-refractivity contribution < 1.29 is 13.2 Å². The van der Waals surface area contributed by atoms with Gasteiger partial charge in [0, 0.05) is 4.90 Å². The van der Waals surface area contributed by atoms with E-state index < -0.39 is 16.1 Å². The van der Waals surface area contributed by atoms with Gasteiger partial charge in [-0.05, 0) is 55.9 Å². The lowest BCUT2D eigenvalue weighted by Gasteiger charge is -2.30. The number of sulfonamides is 1. The monoisotopic (exact) mass is 406 g/mol. The first-order valence-electron chi connectivity index (χ1n) is 8.74. The van der Waals surface area contributed by atoms with Crippen LogP contribution in [0.25, 0.3) is 0 Å². The molecule has 0 heterocycles. The summed E-state index contributed by atoms with van der Waals surface area (Å²) in [5.41, 5.74) is 2.95. The third kappa shape index (κ3) is 5.26. The smallest absolute Gasteiger partial charge is 0.248 e. The Labute approximate surface area is 166 Å². The summed E-state index contributed by atoms with van der Waals surface area (Å²) in [6.45, 7) is 7.38. The number of nitrogens with one attached hydrogen (secondary N) is 1. The molecule has 0 saturated carbocycles. The maximum Gasteiger partial charge on any atom is 0.248 e. The van der Waals surface area contributed by atoms with Gasteiger partial charge >= 0.3 is 0 Å². The molecule has 1 amide bonds. The molecule has 0 radical (unpaired) electrons. The van der Waals surface area contributed by atoms with E-state index in [0.29, 0.717) is 11.4 Å². The Morgan fingerprint density at radius 1 is 1.19 bits per heavy atom. The van der Waals surface area contributed by atoms with Crippen molar-refractivity contribution in [2.75, 3.05) is 21.6 Å². The number of amides is 1. The van der Waals surface area contributed by atoms with Gasteiger partial charge in [-0.3, -0.25) is 9.10 Å². The minimum atomic E-state index is -3.65. The summed E-state index contributed by atoms with van der Waals surface area (Å²) in [5.74, 6) is 0.505. The molecule has 0 saturated heterocycles. The van der Waals surface area contributed by atoms with Gasteiger partial charge in [-0.2, -0.15) is 0 Å². The number of benzene rings is 2. The fourth-order valence-electron chi connectivity index (χ4n) is 2.83. The highest BCUT2D eigenvalue weighted by atomic mass is 32.2. The van der Waals surface area contributed by atoms with Crippen LogP contribution < -0.4 is 9.62 Å². The van der Waals surface area contributed by atoms with Crippen LogP contribution in [0.15, 0.2) is 47.4 Å². The Morgan fingerprint density at radius 2 is 1.85 bits per heavy atom. The summed E-state index contributed by atoms with van der Waals surface area (Å²) >= 11 is 1.62. The molecule has 0 aromatic heterocycles. The maximum absolute atomic E-state index is 12.9. The van der Waals surface area contributed by atoms with Gasteiger partial charge in [0.1, 0.15) is 6.04 Å². The van der Waals surface area contributed by atoms with Crippen LogP contribution in [-0.4, -0.2) is 32.4 Å². The lowest BCUT2D eigenvalue weighted by atomic mass is 10.1. The van der Waals surface area contributed by atoms with Crippen molar-refractivity contribution in [1.29, 1.82) is 0 Å². The Hall–Kier alpha value is -1.99. The Kier molecular flexibility index (Phi) is 6.95. The quantitative estimate of drug-likeness (QED) is 0.700. The van der Waals surface area contributed by atoms with E-state index in [0.717, 1.165) is 28.0 Å². The first-order chi connectivity index (χ1) is 12.6. The number of aryl methyl sites for hydroxylation is 2. The van der Waals surface area contributed by atoms with Crippen molar-refractivity contribution in [3.8, 4) is 0 Å². The first kappa shape index (κ1) is 21.3. The second-order valence-electron chi connectivity index (χ2n) is 6.44. The molecular weight excluding hydrogens is 380 g/mol. The van der Waals surface area contributed by atoms with Crippen molar-refractivity contribution in [3.63, 3.8) is 0 Å². The van der Waals surface area contributed by atoms with E-state index in [1.807, 2.05) is 57.2 Å². The summed E-state index contributed by atoms with van der Waals surface area (Å²) in [6.07, 6.45) is 1.12. The molecule has 0 aliphatic carbocycles. The van der Waals surface area contributed by atoms with Crippen molar-refractivity contribution in [2.24, 2.45) is 0 Å². The predicted octanol–water partition coefficient (Wildman–Crippen LogP) is 4.21. The van der Waals surface area contributed by atoms with Crippen molar-refractivity contribution >= 4 is 39.1 Å². The first-order valence-corrected chi connectivity index (χ1v) is 11.6. The molecule has 7 heteroatoms.